The number of anilines is 1. The number of hydrogen-bond donors (Lipinski definition) is 0. The zero-order chi connectivity index (χ0) is 14.5. The van der Waals surface area contributed by atoms with Gasteiger partial charge in [-0.3, -0.25) is 14.7 Å². The minimum atomic E-state index is -0.761. The summed E-state index contributed by atoms with van der Waals surface area (Å²) < 4.78 is 1.12. The first kappa shape index (κ1) is 13.7. The predicted octanol–water partition coefficient (Wildman–Crippen LogP) is -0.0702. The fourth-order valence-corrected chi connectivity index (χ4v) is 1.46. The SMILES string of the molecule is CCCn1nnn(OC(=O)N(C)c2cccnc2)c1=O. The molecule has 106 valence electrons. The molecule has 0 saturated carbocycles. The quantitative estimate of drug-likeness (QED) is 0.726. The molecule has 2 heterocycles. The molecule has 0 saturated heterocycles. The molecule has 0 radical (unpaired) electrons. The lowest BCUT2D eigenvalue weighted by Gasteiger charge is -2.14. The number of nitrogens with zero attached hydrogens (tertiary/aromatic N) is 6. The highest BCUT2D eigenvalue weighted by atomic mass is 16.7. The van der Waals surface area contributed by atoms with Crippen LogP contribution >= 0.6 is 0 Å². The van der Waals surface area contributed by atoms with Gasteiger partial charge >= 0.3 is 11.8 Å². The Morgan fingerprint density at radius 2 is 2.25 bits per heavy atom. The van der Waals surface area contributed by atoms with Gasteiger partial charge in [0.2, 0.25) is 0 Å². The molecule has 0 aliphatic heterocycles. The first-order valence-electron chi connectivity index (χ1n) is 6.02. The monoisotopic (exact) mass is 278 g/mol. The highest BCUT2D eigenvalue weighted by molar-refractivity contribution is 5.86. The summed E-state index contributed by atoms with van der Waals surface area (Å²) in [6.45, 7) is 2.31. The Morgan fingerprint density at radius 3 is 2.90 bits per heavy atom. The molecule has 2 aromatic rings. The van der Waals surface area contributed by atoms with E-state index in [0.29, 0.717) is 17.1 Å². The van der Waals surface area contributed by atoms with Crippen LogP contribution in [0.5, 0.6) is 0 Å². The van der Waals surface area contributed by atoms with E-state index in [2.05, 4.69) is 15.4 Å². The molecule has 0 unspecified atom stereocenters. The average Bonchev–Trinajstić information content (AvgIpc) is 2.81. The van der Waals surface area contributed by atoms with Crippen molar-refractivity contribution < 1.29 is 9.63 Å². The van der Waals surface area contributed by atoms with Crippen LogP contribution in [0.15, 0.2) is 29.3 Å². The molecule has 0 aliphatic carbocycles. The van der Waals surface area contributed by atoms with Crippen LogP contribution in [0.1, 0.15) is 13.3 Å². The molecule has 0 spiro atoms. The van der Waals surface area contributed by atoms with Crippen molar-refractivity contribution in [2.75, 3.05) is 11.9 Å². The highest BCUT2D eigenvalue weighted by Crippen LogP contribution is 2.09. The van der Waals surface area contributed by atoms with Gasteiger partial charge in [0.15, 0.2) is 0 Å². The number of amides is 1. The molecule has 0 bridgehead atoms. The van der Waals surface area contributed by atoms with Gasteiger partial charge in [-0.05, 0) is 33.8 Å². The molecule has 0 aliphatic rings. The third kappa shape index (κ3) is 2.82. The third-order valence-corrected chi connectivity index (χ3v) is 2.52. The van der Waals surface area contributed by atoms with Crippen LogP contribution in [0.4, 0.5) is 10.5 Å². The van der Waals surface area contributed by atoms with Crippen molar-refractivity contribution >= 4 is 11.8 Å². The molecule has 1 amide bonds. The van der Waals surface area contributed by atoms with E-state index in [1.54, 1.807) is 18.3 Å². The molecule has 0 fully saturated rings. The number of carbonyl (C=O) groups is 1. The Balaban J connectivity index is 2.10. The molecule has 2 rings (SSSR count). The number of aryl methyl sites for hydroxylation is 1. The van der Waals surface area contributed by atoms with Crippen molar-refractivity contribution in [3.8, 4) is 0 Å². The highest BCUT2D eigenvalue weighted by Gasteiger charge is 2.17. The Labute approximate surface area is 114 Å². The van der Waals surface area contributed by atoms with E-state index in [0.717, 1.165) is 11.1 Å². The van der Waals surface area contributed by atoms with E-state index in [-0.39, 0.29) is 0 Å². The van der Waals surface area contributed by atoms with Crippen LogP contribution in [-0.4, -0.2) is 38.1 Å². The maximum Gasteiger partial charge on any atom is 0.440 e. The predicted molar refractivity (Wildman–Crippen MR) is 69.2 cm³/mol. The van der Waals surface area contributed by atoms with Gasteiger partial charge in [0.05, 0.1) is 11.9 Å². The molecule has 0 aromatic carbocycles. The third-order valence-electron chi connectivity index (χ3n) is 2.52. The Morgan fingerprint density at radius 1 is 1.45 bits per heavy atom. The first-order chi connectivity index (χ1) is 9.63. The van der Waals surface area contributed by atoms with Crippen molar-refractivity contribution in [3.05, 3.63) is 35.0 Å². The number of hydrogen-bond acceptors (Lipinski definition) is 6. The lowest BCUT2D eigenvalue weighted by Crippen LogP contribution is -2.39. The normalized spacial score (nSPS) is 10.3. The summed E-state index contributed by atoms with van der Waals surface area (Å²) >= 11 is 0. The van der Waals surface area contributed by atoms with Crippen molar-refractivity contribution in [1.82, 2.24) is 24.9 Å². The summed E-state index contributed by atoms with van der Waals surface area (Å²) in [6.07, 6.45) is 3.05. The second-order valence-corrected chi connectivity index (χ2v) is 3.98. The van der Waals surface area contributed by atoms with Crippen molar-refractivity contribution in [2.45, 2.75) is 19.9 Å². The molecule has 9 nitrogen and oxygen atoms in total. The summed E-state index contributed by atoms with van der Waals surface area (Å²) in [5, 5.41) is 7.08. The molecular weight excluding hydrogens is 264 g/mol. The fourth-order valence-electron chi connectivity index (χ4n) is 1.46. The van der Waals surface area contributed by atoms with Crippen LogP contribution < -0.4 is 15.4 Å². The maximum absolute atomic E-state index is 11.9. The van der Waals surface area contributed by atoms with E-state index in [1.807, 2.05) is 6.92 Å². The van der Waals surface area contributed by atoms with Crippen molar-refractivity contribution in [2.24, 2.45) is 0 Å². The lowest BCUT2D eigenvalue weighted by atomic mass is 10.4. The molecule has 0 atom stereocenters. The number of rotatable bonds is 4. The Bertz CT molecular complexity index is 635. The zero-order valence-electron chi connectivity index (χ0n) is 11.1. The van der Waals surface area contributed by atoms with Crippen LogP contribution in [0.2, 0.25) is 0 Å². The Kier molecular flexibility index (Phi) is 4.08. The summed E-state index contributed by atoms with van der Waals surface area (Å²) in [5.41, 5.74) is -0.0636. The van der Waals surface area contributed by atoms with Gasteiger partial charge in [-0.2, -0.15) is 4.68 Å². The van der Waals surface area contributed by atoms with Crippen molar-refractivity contribution in [3.63, 3.8) is 0 Å². The van der Waals surface area contributed by atoms with E-state index >= 15 is 0 Å². The molecule has 2 aromatic heterocycles. The number of pyridine rings is 1. The van der Waals surface area contributed by atoms with Crippen LogP contribution in [0, 0.1) is 0 Å². The minimum absolute atomic E-state index is 0.412. The van der Waals surface area contributed by atoms with E-state index in [1.165, 1.54) is 18.1 Å². The summed E-state index contributed by atoms with van der Waals surface area (Å²) in [6, 6.07) is 3.37. The standard InChI is InChI=1S/C11H14N6O3/c1-3-7-16-10(18)17(14-13-16)20-11(19)15(2)9-5-4-6-12-8-9/h4-6,8H,3,7H2,1-2H3. The van der Waals surface area contributed by atoms with Gasteiger partial charge in [-0.15, -0.1) is 0 Å². The largest absolute Gasteiger partial charge is 0.440 e. The van der Waals surface area contributed by atoms with Crippen molar-refractivity contribution in [1.29, 1.82) is 0 Å². The van der Waals surface area contributed by atoms with Gasteiger partial charge in [-0.1, -0.05) is 6.92 Å². The number of tetrazole rings is 1. The molecule has 0 N–H and O–H groups in total. The summed E-state index contributed by atoms with van der Waals surface area (Å²) in [4.78, 5) is 34.1. The second kappa shape index (κ2) is 5.95. The van der Waals surface area contributed by atoms with E-state index in [4.69, 9.17) is 4.84 Å². The summed E-state index contributed by atoms with van der Waals surface area (Å²) in [5.74, 6) is 0. The average molecular weight is 278 g/mol. The minimum Gasteiger partial charge on any atom is -0.292 e. The van der Waals surface area contributed by atoms with Gasteiger partial charge in [-0.25, -0.2) is 9.59 Å². The first-order valence-corrected chi connectivity index (χ1v) is 6.02. The topological polar surface area (TPSA) is 95.1 Å². The maximum atomic E-state index is 11.9. The summed E-state index contributed by atoms with van der Waals surface area (Å²) in [7, 11) is 1.50. The van der Waals surface area contributed by atoms with Crippen LogP contribution in [0.3, 0.4) is 0 Å². The molecular formula is C11H14N6O3. The Hall–Kier alpha value is -2.71. The fraction of sp³-hybridized carbons (Fsp3) is 0.364. The smallest absolute Gasteiger partial charge is 0.292 e. The second-order valence-electron chi connectivity index (χ2n) is 3.98. The zero-order valence-corrected chi connectivity index (χ0v) is 11.1. The number of aromatic nitrogens is 5. The van der Waals surface area contributed by atoms with E-state index < -0.39 is 11.8 Å². The van der Waals surface area contributed by atoms with Gasteiger partial charge in [0.1, 0.15) is 0 Å². The number of carbonyl (C=O) groups excluding carboxylic acids is 1. The van der Waals surface area contributed by atoms with Gasteiger partial charge < -0.3 is 0 Å². The molecule has 20 heavy (non-hydrogen) atoms. The van der Waals surface area contributed by atoms with E-state index in [9.17, 15) is 9.59 Å². The van der Waals surface area contributed by atoms with Gasteiger partial charge in [0, 0.05) is 19.8 Å². The molecule has 9 heteroatoms. The van der Waals surface area contributed by atoms with Crippen LogP contribution in [-0.2, 0) is 6.54 Å². The lowest BCUT2D eigenvalue weighted by molar-refractivity contribution is 0.115. The van der Waals surface area contributed by atoms with Gasteiger partial charge in [0.25, 0.3) is 0 Å². The van der Waals surface area contributed by atoms with Crippen LogP contribution in [0.25, 0.3) is 0 Å².